The van der Waals surface area contributed by atoms with Gasteiger partial charge in [-0.3, -0.25) is 9.59 Å². The normalized spacial score (nSPS) is 12.0. The van der Waals surface area contributed by atoms with Gasteiger partial charge in [-0.25, -0.2) is 9.59 Å². The summed E-state index contributed by atoms with van der Waals surface area (Å²) in [6.45, 7) is -0.894. The highest BCUT2D eigenvalue weighted by molar-refractivity contribution is 6.32. The molecule has 0 fully saturated rings. The number of carboxylic acids is 2. The first-order valence-electron chi connectivity index (χ1n) is 13.1. The Morgan fingerprint density at radius 3 is 1.29 bits per heavy atom. The van der Waals surface area contributed by atoms with Crippen LogP contribution in [0.5, 0.6) is 0 Å². The second-order valence-corrected chi connectivity index (χ2v) is 9.45. The van der Waals surface area contributed by atoms with Crippen molar-refractivity contribution in [1.29, 1.82) is 0 Å². The molecule has 10 nitrogen and oxygen atoms in total. The topological polar surface area (TPSA) is 156 Å². The first kappa shape index (κ1) is 28.2. The van der Waals surface area contributed by atoms with Crippen LogP contribution in [0.3, 0.4) is 0 Å². The number of benzene rings is 4. The Bertz CT molecular complexity index is 1610. The molecule has 0 heterocycles. The molecule has 0 radical (unpaired) electrons. The van der Waals surface area contributed by atoms with Crippen molar-refractivity contribution in [1.82, 2.24) is 0 Å². The van der Waals surface area contributed by atoms with Crippen LogP contribution in [0, 0.1) is 0 Å². The number of fused-ring (bicyclic) bond motifs is 2. The number of para-hydroxylation sites is 2. The average molecular weight is 567 g/mol. The van der Waals surface area contributed by atoms with Gasteiger partial charge < -0.3 is 30.2 Å². The zero-order valence-electron chi connectivity index (χ0n) is 22.2. The summed E-state index contributed by atoms with van der Waals surface area (Å²) in [5.41, 5.74) is 1.06. The smallest absolute Gasteiger partial charge is 0.337 e. The third kappa shape index (κ3) is 4.78. The van der Waals surface area contributed by atoms with E-state index in [2.05, 4.69) is 0 Å². The average Bonchev–Trinajstić information content (AvgIpc) is 3.00. The number of hydrogen-bond donors (Lipinski definition) is 4. The molecular formula is C32H26N2O8. The number of aromatic carboxylic acids is 2. The summed E-state index contributed by atoms with van der Waals surface area (Å²) >= 11 is 0. The van der Waals surface area contributed by atoms with Gasteiger partial charge in [-0.05, 0) is 36.4 Å². The zero-order valence-corrected chi connectivity index (χ0v) is 22.2. The predicted molar refractivity (Wildman–Crippen MR) is 155 cm³/mol. The van der Waals surface area contributed by atoms with E-state index < -0.39 is 23.5 Å². The Kier molecular flexibility index (Phi) is 7.83. The number of rotatable bonds is 10. The lowest BCUT2D eigenvalue weighted by Crippen LogP contribution is -2.31. The summed E-state index contributed by atoms with van der Waals surface area (Å²) in [5, 5.41) is 39.5. The zero-order chi connectivity index (χ0) is 30.0. The minimum Gasteiger partial charge on any atom is -0.478 e. The number of ketones is 2. The molecule has 4 aromatic rings. The fourth-order valence-electron chi connectivity index (χ4n) is 5.38. The number of carbonyl (C=O) groups excluding carboxylic acids is 2. The summed E-state index contributed by atoms with van der Waals surface area (Å²) in [6, 6.07) is 21.7. The van der Waals surface area contributed by atoms with Crippen LogP contribution in [0.25, 0.3) is 0 Å². The van der Waals surface area contributed by atoms with Gasteiger partial charge >= 0.3 is 11.9 Å². The molecule has 0 bridgehead atoms. The van der Waals surface area contributed by atoms with Crippen LogP contribution in [-0.2, 0) is 0 Å². The van der Waals surface area contributed by atoms with E-state index in [1.54, 1.807) is 60.7 Å². The molecule has 1 aliphatic rings. The van der Waals surface area contributed by atoms with E-state index in [1.165, 1.54) is 34.1 Å². The lowest BCUT2D eigenvalue weighted by Gasteiger charge is -2.32. The van der Waals surface area contributed by atoms with Crippen LogP contribution in [-0.4, -0.2) is 70.2 Å². The minimum atomic E-state index is -1.20. The Morgan fingerprint density at radius 2 is 0.905 bits per heavy atom. The number of nitrogens with zero attached hydrogens (tertiary/aromatic N) is 2. The number of carboxylic acid groups (broad SMARTS) is 2. The van der Waals surface area contributed by atoms with Gasteiger partial charge in [0.1, 0.15) is 0 Å². The molecule has 10 heteroatoms. The van der Waals surface area contributed by atoms with Crippen LogP contribution >= 0.6 is 0 Å². The summed E-state index contributed by atoms with van der Waals surface area (Å²) in [7, 11) is 0. The van der Waals surface area contributed by atoms with Crippen molar-refractivity contribution >= 4 is 46.3 Å². The van der Waals surface area contributed by atoms with Gasteiger partial charge in [-0.1, -0.05) is 48.5 Å². The highest BCUT2D eigenvalue weighted by Crippen LogP contribution is 2.42. The maximum Gasteiger partial charge on any atom is 0.337 e. The summed E-state index contributed by atoms with van der Waals surface area (Å²) < 4.78 is 0. The van der Waals surface area contributed by atoms with Crippen LogP contribution in [0.15, 0.2) is 84.9 Å². The number of aliphatic hydroxyl groups excluding tert-OH is 2. The fourth-order valence-corrected chi connectivity index (χ4v) is 5.38. The molecule has 212 valence electrons. The van der Waals surface area contributed by atoms with Gasteiger partial charge in [0, 0.05) is 24.2 Å². The van der Waals surface area contributed by atoms with Crippen LogP contribution in [0.1, 0.15) is 52.6 Å². The molecular weight excluding hydrogens is 540 g/mol. The first-order valence-corrected chi connectivity index (χ1v) is 13.1. The third-order valence-electron chi connectivity index (χ3n) is 7.11. The SMILES string of the molecule is O=C(O)c1ccccc1N(CCO)c1cccc2c1C(=O)c1c(cccc1N(CCO)c1ccccc1C(=O)O)C2=O. The quantitative estimate of drug-likeness (QED) is 0.194. The van der Waals surface area contributed by atoms with E-state index in [-0.39, 0.29) is 82.4 Å². The Labute approximate surface area is 240 Å². The van der Waals surface area contributed by atoms with Crippen LogP contribution in [0.4, 0.5) is 22.7 Å². The van der Waals surface area contributed by atoms with Gasteiger partial charge in [0.05, 0.1) is 58.2 Å². The van der Waals surface area contributed by atoms with Crippen LogP contribution < -0.4 is 9.80 Å². The van der Waals surface area contributed by atoms with Crippen molar-refractivity contribution in [2.75, 3.05) is 36.1 Å². The predicted octanol–water partition coefficient (Wildman–Crippen LogP) is 4.12. The van der Waals surface area contributed by atoms with Crippen molar-refractivity contribution in [3.63, 3.8) is 0 Å². The summed E-state index contributed by atoms with van der Waals surface area (Å²) in [4.78, 5) is 55.4. The fraction of sp³-hybridized carbons (Fsp3) is 0.125. The highest BCUT2D eigenvalue weighted by atomic mass is 16.4. The lowest BCUT2D eigenvalue weighted by molar-refractivity contribution is 0.0686. The van der Waals surface area contributed by atoms with Gasteiger partial charge in [0.2, 0.25) is 0 Å². The number of carbonyl (C=O) groups is 4. The Balaban J connectivity index is 1.74. The van der Waals surface area contributed by atoms with Crippen molar-refractivity contribution in [3.8, 4) is 0 Å². The van der Waals surface area contributed by atoms with E-state index in [0.29, 0.717) is 0 Å². The van der Waals surface area contributed by atoms with Gasteiger partial charge in [-0.2, -0.15) is 0 Å². The Morgan fingerprint density at radius 1 is 0.524 bits per heavy atom. The maximum absolute atomic E-state index is 14.4. The number of aliphatic hydroxyl groups is 2. The summed E-state index contributed by atoms with van der Waals surface area (Å²) in [6.07, 6.45) is 0. The van der Waals surface area contributed by atoms with Gasteiger partial charge in [0.25, 0.3) is 0 Å². The first-order chi connectivity index (χ1) is 20.3. The molecule has 42 heavy (non-hydrogen) atoms. The second kappa shape index (κ2) is 11.7. The van der Waals surface area contributed by atoms with E-state index >= 15 is 0 Å². The van der Waals surface area contributed by atoms with E-state index in [4.69, 9.17) is 0 Å². The molecule has 4 N–H and O–H groups in total. The van der Waals surface area contributed by atoms with E-state index in [1.807, 2.05) is 0 Å². The largest absolute Gasteiger partial charge is 0.478 e. The van der Waals surface area contributed by atoms with Gasteiger partial charge in [0.15, 0.2) is 11.6 Å². The molecule has 0 saturated heterocycles. The monoisotopic (exact) mass is 566 g/mol. The van der Waals surface area contributed by atoms with Gasteiger partial charge in [-0.15, -0.1) is 0 Å². The van der Waals surface area contributed by atoms with Crippen molar-refractivity contribution in [2.24, 2.45) is 0 Å². The highest BCUT2D eigenvalue weighted by Gasteiger charge is 2.36. The Hall–Kier alpha value is -5.32. The minimum absolute atomic E-state index is 0.0200. The summed E-state index contributed by atoms with van der Waals surface area (Å²) in [5.74, 6) is -3.40. The van der Waals surface area contributed by atoms with Crippen LogP contribution in [0.2, 0.25) is 0 Å². The number of anilines is 4. The molecule has 0 aliphatic heterocycles. The van der Waals surface area contributed by atoms with Crippen molar-refractivity contribution < 1.29 is 39.6 Å². The van der Waals surface area contributed by atoms with Crippen molar-refractivity contribution in [3.05, 3.63) is 118 Å². The molecule has 0 saturated carbocycles. The third-order valence-corrected chi connectivity index (χ3v) is 7.11. The molecule has 0 aromatic heterocycles. The molecule has 0 amide bonds. The standard InChI is InChI=1S/C32H26N2O8/c35-17-15-33(23-11-3-1-7-19(23)31(39)40)25-13-5-9-21-27(25)30(38)28-22(29(21)37)10-6-14-26(28)34(16-18-36)24-12-4-2-8-20(24)32(41)42/h1-14,35-36H,15-18H2,(H,39,40)(H,41,42). The molecule has 0 spiro atoms. The number of hydrogen-bond acceptors (Lipinski definition) is 8. The van der Waals surface area contributed by atoms with Crippen molar-refractivity contribution in [2.45, 2.75) is 0 Å². The second-order valence-electron chi connectivity index (χ2n) is 9.45. The lowest BCUT2D eigenvalue weighted by atomic mass is 9.81. The maximum atomic E-state index is 14.4. The van der Waals surface area contributed by atoms with E-state index in [0.717, 1.165) is 0 Å². The molecule has 1 aliphatic carbocycles. The molecule has 0 unspecified atom stereocenters. The molecule has 4 aromatic carbocycles. The molecule has 0 atom stereocenters. The van der Waals surface area contributed by atoms with E-state index in [9.17, 15) is 39.6 Å². The molecule has 5 rings (SSSR count).